The van der Waals surface area contributed by atoms with Crippen LogP contribution < -0.4 is 11.1 Å². The first kappa shape index (κ1) is 17.2. The van der Waals surface area contributed by atoms with Crippen LogP contribution in [0.4, 0.5) is 0 Å². The second kappa shape index (κ2) is 7.24. The van der Waals surface area contributed by atoms with Crippen LogP contribution in [0.1, 0.15) is 12.8 Å². The van der Waals surface area contributed by atoms with Crippen molar-refractivity contribution >= 4 is 36.4 Å². The van der Waals surface area contributed by atoms with E-state index in [4.69, 9.17) is 15.9 Å². The van der Waals surface area contributed by atoms with Crippen LogP contribution in [0.15, 0.2) is 0 Å². The van der Waals surface area contributed by atoms with Gasteiger partial charge in [-0.1, -0.05) is 0 Å². The molecule has 0 spiro atoms. The maximum atomic E-state index is 11.8. The highest BCUT2D eigenvalue weighted by Crippen LogP contribution is 2.21. The summed E-state index contributed by atoms with van der Waals surface area (Å²) in [4.78, 5) is 49.0. The lowest BCUT2D eigenvalue weighted by Crippen LogP contribution is -2.46. The quantitative estimate of drug-likeness (QED) is 0.248. The number of hydrogen-bond donors (Lipinski definition) is 5. The molecule has 10 nitrogen and oxygen atoms in total. The molecule has 0 aromatic rings. The van der Waals surface area contributed by atoms with Crippen molar-refractivity contribution in [1.82, 2.24) is 10.4 Å². The van der Waals surface area contributed by atoms with Crippen LogP contribution in [0, 0.1) is 0 Å². The average molecular weight is 321 g/mol. The summed E-state index contributed by atoms with van der Waals surface area (Å²) in [6.07, 6.45) is -1.63. The molecule has 1 saturated heterocycles. The summed E-state index contributed by atoms with van der Waals surface area (Å²) < 4.78 is 0. The molecule has 1 heterocycles. The zero-order valence-corrected chi connectivity index (χ0v) is 11.7. The van der Waals surface area contributed by atoms with Crippen LogP contribution in [0.5, 0.6) is 0 Å². The van der Waals surface area contributed by atoms with E-state index >= 15 is 0 Å². The number of amides is 2. The number of carbonyl (C=O) groups excluding carboxylic acids is 2. The minimum absolute atomic E-state index is 0.0677. The molecule has 0 radical (unpaired) electrons. The van der Waals surface area contributed by atoms with Crippen molar-refractivity contribution in [2.75, 3.05) is 5.75 Å². The number of nitrogens with one attached hydrogen (secondary N) is 1. The maximum Gasteiger partial charge on any atom is 0.359 e. The van der Waals surface area contributed by atoms with Gasteiger partial charge in [-0.25, -0.2) is 9.63 Å². The molecule has 1 aliphatic heterocycles. The summed E-state index contributed by atoms with van der Waals surface area (Å²) >= 11 is 3.89. The normalized spacial score (nSPS) is 19.5. The Balaban J connectivity index is 2.43. The van der Waals surface area contributed by atoms with E-state index in [9.17, 15) is 19.2 Å². The molecular weight excluding hydrogens is 306 g/mol. The van der Waals surface area contributed by atoms with E-state index in [0.29, 0.717) is 5.06 Å². The fraction of sp³-hybridized carbons (Fsp3) is 0.600. The van der Waals surface area contributed by atoms with E-state index in [0.717, 1.165) is 0 Å². The fourth-order valence-corrected chi connectivity index (χ4v) is 1.66. The summed E-state index contributed by atoms with van der Waals surface area (Å²) in [6, 6.07) is -2.24. The Morgan fingerprint density at radius 2 is 1.95 bits per heavy atom. The van der Waals surface area contributed by atoms with Gasteiger partial charge in [-0.2, -0.15) is 17.7 Å². The van der Waals surface area contributed by atoms with Gasteiger partial charge in [-0.05, 0) is 6.42 Å². The number of rotatable bonds is 8. The summed E-state index contributed by atoms with van der Waals surface area (Å²) in [5.41, 5.74) is 5.24. The first-order valence-corrected chi connectivity index (χ1v) is 6.52. The summed E-state index contributed by atoms with van der Waals surface area (Å²) in [5, 5.41) is 20.1. The monoisotopic (exact) mass is 321 g/mol. The lowest BCUT2D eigenvalue weighted by molar-refractivity contribution is -0.140. The predicted molar refractivity (Wildman–Crippen MR) is 70.0 cm³/mol. The zero-order chi connectivity index (χ0) is 16.2. The van der Waals surface area contributed by atoms with Crippen molar-refractivity contribution in [3.05, 3.63) is 0 Å². The summed E-state index contributed by atoms with van der Waals surface area (Å²) in [6.45, 7) is 0. The molecule has 3 unspecified atom stereocenters. The van der Waals surface area contributed by atoms with Gasteiger partial charge < -0.3 is 21.3 Å². The van der Waals surface area contributed by atoms with Gasteiger partial charge in [0.05, 0.1) is 0 Å². The van der Waals surface area contributed by atoms with Crippen LogP contribution >= 0.6 is 12.6 Å². The first-order chi connectivity index (χ1) is 9.77. The molecule has 0 aromatic carbocycles. The molecule has 0 aromatic heterocycles. The third-order valence-corrected chi connectivity index (χ3v) is 2.99. The zero-order valence-electron chi connectivity index (χ0n) is 10.8. The number of thiol groups is 1. The summed E-state index contributed by atoms with van der Waals surface area (Å²) in [7, 11) is 0. The van der Waals surface area contributed by atoms with Crippen molar-refractivity contribution in [1.29, 1.82) is 0 Å². The van der Waals surface area contributed by atoms with E-state index in [1.165, 1.54) is 0 Å². The molecule has 1 rings (SSSR count). The Bertz CT molecular complexity index is 458. The van der Waals surface area contributed by atoms with Crippen LogP contribution in [-0.2, 0) is 24.0 Å². The van der Waals surface area contributed by atoms with Crippen LogP contribution in [0.25, 0.3) is 0 Å². The van der Waals surface area contributed by atoms with Gasteiger partial charge in [-0.3, -0.25) is 14.4 Å². The number of nitrogens with two attached hydrogens (primary N) is 1. The van der Waals surface area contributed by atoms with Gasteiger partial charge >= 0.3 is 11.9 Å². The number of aliphatic carboxylic acids is 2. The van der Waals surface area contributed by atoms with Gasteiger partial charge in [0, 0.05) is 12.2 Å². The van der Waals surface area contributed by atoms with Crippen molar-refractivity contribution in [2.45, 2.75) is 31.2 Å². The number of hydrogen-bond acceptors (Lipinski definition) is 7. The molecule has 11 heteroatoms. The van der Waals surface area contributed by atoms with E-state index < -0.39 is 42.1 Å². The van der Waals surface area contributed by atoms with Crippen LogP contribution in [0.2, 0.25) is 0 Å². The van der Waals surface area contributed by atoms with Crippen LogP contribution in [-0.4, -0.2) is 63.1 Å². The largest absolute Gasteiger partial charge is 0.480 e. The fourth-order valence-electron chi connectivity index (χ4n) is 1.41. The molecule has 1 fully saturated rings. The molecule has 118 valence electrons. The Labute approximate surface area is 124 Å². The molecule has 1 aliphatic rings. The first-order valence-electron chi connectivity index (χ1n) is 5.89. The third-order valence-electron chi connectivity index (χ3n) is 2.62. The highest BCUT2D eigenvalue weighted by Gasteiger charge is 2.49. The molecular formula is C10H15N3O7S. The van der Waals surface area contributed by atoms with Crippen molar-refractivity contribution in [3.63, 3.8) is 0 Å². The Hall–Kier alpha value is -1.85. The number of carboxylic acids is 2. The lowest BCUT2D eigenvalue weighted by Gasteiger charge is -2.15. The Kier molecular flexibility index (Phi) is 5.93. The number of nitrogens with zero attached hydrogens (tertiary/aromatic N) is 1. The van der Waals surface area contributed by atoms with Gasteiger partial charge in [0.2, 0.25) is 5.91 Å². The molecule has 5 N–H and O–H groups in total. The van der Waals surface area contributed by atoms with Gasteiger partial charge in [-0.15, -0.1) is 0 Å². The topological polar surface area (TPSA) is 162 Å². The second-order valence-electron chi connectivity index (χ2n) is 4.25. The third kappa shape index (κ3) is 4.88. The molecule has 0 saturated carbocycles. The lowest BCUT2D eigenvalue weighted by atomic mass is 10.1. The Morgan fingerprint density at radius 3 is 2.38 bits per heavy atom. The van der Waals surface area contributed by atoms with E-state index in [1.807, 2.05) is 0 Å². The summed E-state index contributed by atoms with van der Waals surface area (Å²) in [5.74, 6) is -3.95. The highest BCUT2D eigenvalue weighted by atomic mass is 32.1. The number of carboxylic acid groups (broad SMARTS) is 2. The predicted octanol–water partition coefficient (Wildman–Crippen LogP) is -2.22. The van der Waals surface area contributed by atoms with Crippen molar-refractivity contribution < 1.29 is 34.2 Å². The Morgan fingerprint density at radius 1 is 1.33 bits per heavy atom. The molecule has 0 bridgehead atoms. The average Bonchev–Trinajstić information content (AvgIpc) is 3.21. The smallest absolute Gasteiger partial charge is 0.359 e. The number of hydroxylamine groups is 2. The van der Waals surface area contributed by atoms with Gasteiger partial charge in [0.15, 0.2) is 0 Å². The number of carbonyl (C=O) groups is 4. The van der Waals surface area contributed by atoms with Gasteiger partial charge in [0.25, 0.3) is 12.1 Å². The minimum Gasteiger partial charge on any atom is -0.480 e. The van der Waals surface area contributed by atoms with Crippen molar-refractivity contribution in [3.8, 4) is 0 Å². The molecule has 0 aliphatic carbocycles. The molecule has 2 amide bonds. The van der Waals surface area contributed by atoms with Crippen LogP contribution in [0.3, 0.4) is 0 Å². The second-order valence-corrected chi connectivity index (χ2v) is 4.61. The maximum absolute atomic E-state index is 11.8. The molecule has 3 atom stereocenters. The highest BCUT2D eigenvalue weighted by molar-refractivity contribution is 7.80. The standard InChI is InChI=1S/C10H15N3O7S/c11-4(9(16)17)1-2-6(14)12-5(3-21)7(15)13-8(20-13)10(18)19/h4-5,8,21H,1-3,11H2,(H,12,14)(H,16,17)(H,18,19). The SMILES string of the molecule is NC(CCC(=O)NC(CS)C(=O)N1OC1C(=O)O)C(=O)O. The van der Waals surface area contributed by atoms with E-state index in [2.05, 4.69) is 22.8 Å². The van der Waals surface area contributed by atoms with Gasteiger partial charge in [0.1, 0.15) is 12.1 Å². The van der Waals surface area contributed by atoms with E-state index in [-0.39, 0.29) is 18.6 Å². The van der Waals surface area contributed by atoms with E-state index in [1.54, 1.807) is 0 Å². The minimum atomic E-state index is -1.35. The molecule has 21 heavy (non-hydrogen) atoms. The van der Waals surface area contributed by atoms with Crippen molar-refractivity contribution in [2.24, 2.45) is 5.73 Å².